The van der Waals surface area contributed by atoms with Crippen LogP contribution < -0.4 is 0 Å². The van der Waals surface area contributed by atoms with Gasteiger partial charge in [-0.1, -0.05) is 29.8 Å². The molecule has 3 heterocycles. The molecule has 4 nitrogen and oxygen atoms in total. The topological polar surface area (TPSA) is 49.2 Å². The maximum Gasteiger partial charge on any atom is 0.115 e. The van der Waals surface area contributed by atoms with Gasteiger partial charge in [0.2, 0.25) is 0 Å². The average molecular weight is 442 g/mol. The standard InChI is InChI=1S/C22H20ClN3OS2/c23-17-5-3-16(4-6-17)18-14-20(21-2-1-12-28-21)25-22(19(18)15-24)29-13-9-26-7-10-27-11-8-26/h1-6,12,14H,7-11,13H2. The van der Waals surface area contributed by atoms with Gasteiger partial charge in [-0.25, -0.2) is 4.98 Å². The van der Waals surface area contributed by atoms with Crippen LogP contribution in [-0.4, -0.2) is 48.5 Å². The lowest BCUT2D eigenvalue weighted by Crippen LogP contribution is -2.37. The Morgan fingerprint density at radius 1 is 1.21 bits per heavy atom. The Kier molecular flexibility index (Phi) is 6.86. The number of morpholine rings is 1. The highest BCUT2D eigenvalue weighted by Gasteiger charge is 2.17. The molecule has 0 saturated carbocycles. The highest BCUT2D eigenvalue weighted by atomic mass is 35.5. The van der Waals surface area contributed by atoms with E-state index in [4.69, 9.17) is 21.3 Å². The summed E-state index contributed by atoms with van der Waals surface area (Å²) >= 11 is 9.37. The van der Waals surface area contributed by atoms with Gasteiger partial charge in [0.25, 0.3) is 0 Å². The van der Waals surface area contributed by atoms with Crippen LogP contribution in [0.2, 0.25) is 5.02 Å². The minimum absolute atomic E-state index is 0.625. The van der Waals surface area contributed by atoms with Crippen LogP contribution in [0.15, 0.2) is 52.9 Å². The summed E-state index contributed by atoms with van der Waals surface area (Å²) in [7, 11) is 0. The Labute approximate surface area is 184 Å². The second kappa shape index (κ2) is 9.75. The first-order chi connectivity index (χ1) is 14.2. The van der Waals surface area contributed by atoms with Crippen molar-refractivity contribution < 1.29 is 4.74 Å². The van der Waals surface area contributed by atoms with Crippen molar-refractivity contribution in [3.8, 4) is 27.8 Å². The number of nitrogens with zero attached hydrogens (tertiary/aromatic N) is 3. The fourth-order valence-corrected chi connectivity index (χ4v) is 5.06. The van der Waals surface area contributed by atoms with Crippen molar-refractivity contribution in [3.63, 3.8) is 0 Å². The van der Waals surface area contributed by atoms with E-state index < -0.39 is 0 Å². The largest absolute Gasteiger partial charge is 0.379 e. The number of aromatic nitrogens is 1. The first-order valence-electron chi connectivity index (χ1n) is 9.42. The molecule has 0 atom stereocenters. The molecule has 1 aliphatic rings. The molecule has 29 heavy (non-hydrogen) atoms. The normalized spacial score (nSPS) is 14.6. The van der Waals surface area contributed by atoms with Gasteiger partial charge in [-0.3, -0.25) is 4.90 Å². The molecule has 1 aromatic carbocycles. The van der Waals surface area contributed by atoms with E-state index in [2.05, 4.69) is 17.0 Å². The zero-order valence-corrected chi connectivity index (χ0v) is 18.2. The van der Waals surface area contributed by atoms with Crippen molar-refractivity contribution >= 4 is 34.7 Å². The number of pyridine rings is 1. The molecule has 0 unspecified atom stereocenters. The Morgan fingerprint density at radius 2 is 2.00 bits per heavy atom. The summed E-state index contributed by atoms with van der Waals surface area (Å²) < 4.78 is 5.42. The third-order valence-corrected chi connectivity index (χ3v) is 6.88. The zero-order valence-electron chi connectivity index (χ0n) is 15.8. The second-order valence-corrected chi connectivity index (χ2v) is 9.10. The predicted molar refractivity (Wildman–Crippen MR) is 121 cm³/mol. The SMILES string of the molecule is N#Cc1c(-c2ccc(Cl)cc2)cc(-c2cccs2)nc1SCCN1CCOCC1. The summed E-state index contributed by atoms with van der Waals surface area (Å²) in [6, 6.07) is 16.1. The number of ether oxygens (including phenoxy) is 1. The smallest absolute Gasteiger partial charge is 0.115 e. The Balaban J connectivity index is 1.66. The number of rotatable bonds is 6. The average Bonchev–Trinajstić information content (AvgIpc) is 3.29. The van der Waals surface area contributed by atoms with Crippen molar-refractivity contribution in [2.45, 2.75) is 5.03 Å². The van der Waals surface area contributed by atoms with Crippen LogP contribution >= 0.6 is 34.7 Å². The lowest BCUT2D eigenvalue weighted by molar-refractivity contribution is 0.0410. The number of hydrogen-bond acceptors (Lipinski definition) is 6. The number of thiophene rings is 1. The minimum atomic E-state index is 0.625. The summed E-state index contributed by atoms with van der Waals surface area (Å²) in [5.41, 5.74) is 3.40. The van der Waals surface area contributed by atoms with E-state index in [0.717, 1.165) is 65.3 Å². The van der Waals surface area contributed by atoms with Crippen LogP contribution in [0, 0.1) is 11.3 Å². The molecule has 4 rings (SSSR count). The van der Waals surface area contributed by atoms with Crippen LogP contribution in [-0.2, 0) is 4.74 Å². The van der Waals surface area contributed by atoms with Gasteiger partial charge in [0, 0.05) is 36.0 Å². The lowest BCUT2D eigenvalue weighted by atomic mass is 10.0. The van der Waals surface area contributed by atoms with Gasteiger partial charge < -0.3 is 4.74 Å². The Bertz CT molecular complexity index is 994. The lowest BCUT2D eigenvalue weighted by Gasteiger charge is -2.26. The molecule has 0 spiro atoms. The Hall–Kier alpha value is -1.88. The van der Waals surface area contributed by atoms with Gasteiger partial charge in [-0.15, -0.1) is 23.1 Å². The monoisotopic (exact) mass is 441 g/mol. The summed E-state index contributed by atoms with van der Waals surface area (Å²) in [5.74, 6) is 0.885. The van der Waals surface area contributed by atoms with Crippen molar-refractivity contribution in [1.29, 1.82) is 5.26 Å². The van der Waals surface area contributed by atoms with Gasteiger partial charge >= 0.3 is 0 Å². The fourth-order valence-electron chi connectivity index (χ4n) is 3.24. The quantitative estimate of drug-likeness (QED) is 0.477. The molecule has 1 fully saturated rings. The molecule has 0 aliphatic carbocycles. The number of halogens is 1. The highest BCUT2D eigenvalue weighted by Crippen LogP contribution is 2.35. The summed E-state index contributed by atoms with van der Waals surface area (Å²) in [5, 5.41) is 13.4. The summed E-state index contributed by atoms with van der Waals surface area (Å²) in [4.78, 5) is 8.35. The van der Waals surface area contributed by atoms with Gasteiger partial charge in [-0.2, -0.15) is 5.26 Å². The van der Waals surface area contributed by atoms with E-state index in [9.17, 15) is 5.26 Å². The second-order valence-electron chi connectivity index (χ2n) is 6.63. The molecule has 1 saturated heterocycles. The molecule has 1 aliphatic heterocycles. The maximum absolute atomic E-state index is 9.93. The van der Waals surface area contributed by atoms with Crippen molar-refractivity contribution in [2.75, 3.05) is 38.6 Å². The molecular weight excluding hydrogens is 422 g/mol. The third kappa shape index (κ3) is 5.00. The molecule has 0 N–H and O–H groups in total. The van der Waals surface area contributed by atoms with Crippen LogP contribution in [0.4, 0.5) is 0 Å². The molecule has 3 aromatic rings. The van der Waals surface area contributed by atoms with Gasteiger partial charge in [0.15, 0.2) is 0 Å². The molecule has 2 aromatic heterocycles. The molecule has 7 heteroatoms. The fraction of sp³-hybridized carbons (Fsp3) is 0.273. The molecule has 148 valence electrons. The maximum atomic E-state index is 9.93. The third-order valence-electron chi connectivity index (χ3n) is 4.78. The van der Waals surface area contributed by atoms with E-state index in [0.29, 0.717) is 10.6 Å². The molecule has 0 bridgehead atoms. The predicted octanol–water partition coefficient (Wildman–Crippen LogP) is 5.43. The van der Waals surface area contributed by atoms with Gasteiger partial charge in [0.05, 0.1) is 29.3 Å². The highest BCUT2D eigenvalue weighted by molar-refractivity contribution is 7.99. The number of benzene rings is 1. The summed E-state index contributed by atoms with van der Waals surface area (Å²) in [6.45, 7) is 4.47. The van der Waals surface area contributed by atoms with E-state index in [1.54, 1.807) is 23.1 Å². The van der Waals surface area contributed by atoms with Crippen LogP contribution in [0.3, 0.4) is 0 Å². The number of hydrogen-bond donors (Lipinski definition) is 0. The van der Waals surface area contributed by atoms with Crippen molar-refractivity contribution in [1.82, 2.24) is 9.88 Å². The molecule has 0 amide bonds. The van der Waals surface area contributed by atoms with Gasteiger partial charge in [-0.05, 0) is 35.2 Å². The van der Waals surface area contributed by atoms with E-state index >= 15 is 0 Å². The number of nitriles is 1. The van der Waals surface area contributed by atoms with E-state index in [1.807, 2.05) is 41.8 Å². The molecular formula is C22H20ClN3OS2. The first-order valence-corrected chi connectivity index (χ1v) is 11.7. The summed E-state index contributed by atoms with van der Waals surface area (Å²) in [6.07, 6.45) is 0. The molecule has 0 radical (unpaired) electrons. The first kappa shape index (κ1) is 20.4. The van der Waals surface area contributed by atoms with Crippen LogP contribution in [0.1, 0.15) is 5.56 Å². The van der Waals surface area contributed by atoms with Crippen molar-refractivity contribution in [2.24, 2.45) is 0 Å². The van der Waals surface area contributed by atoms with Crippen LogP contribution in [0.5, 0.6) is 0 Å². The number of thioether (sulfide) groups is 1. The van der Waals surface area contributed by atoms with Crippen LogP contribution in [0.25, 0.3) is 21.7 Å². The minimum Gasteiger partial charge on any atom is -0.379 e. The van der Waals surface area contributed by atoms with E-state index in [-0.39, 0.29) is 0 Å². The zero-order chi connectivity index (χ0) is 20.1. The van der Waals surface area contributed by atoms with Crippen molar-refractivity contribution in [3.05, 3.63) is 58.4 Å². The van der Waals surface area contributed by atoms with E-state index in [1.165, 1.54) is 0 Å². The Morgan fingerprint density at radius 3 is 2.69 bits per heavy atom. The van der Waals surface area contributed by atoms with Gasteiger partial charge in [0.1, 0.15) is 11.1 Å².